The van der Waals surface area contributed by atoms with Crippen molar-refractivity contribution < 1.29 is 14.3 Å². The van der Waals surface area contributed by atoms with E-state index in [1.807, 2.05) is 61.5 Å². The molecule has 3 rings (SSSR count). The standard InChI is InChI=1S/C25H26ClN3O3/c1-28(2)17-29(21-10-5-4-6-11-21)25(31)20-9-7-8-18(14-20)16-27-24(30)19-12-13-23(32-3)22(26)15-19/h4-15H,16-17H2,1-3H3,(H,27,30). The van der Waals surface area contributed by atoms with Crippen molar-refractivity contribution in [3.63, 3.8) is 0 Å². The first-order chi connectivity index (χ1) is 15.4. The molecule has 166 valence electrons. The molecule has 7 heteroatoms. The van der Waals surface area contributed by atoms with Gasteiger partial charge < -0.3 is 10.1 Å². The van der Waals surface area contributed by atoms with E-state index in [0.717, 1.165) is 11.3 Å². The van der Waals surface area contributed by atoms with Gasteiger partial charge in [0.05, 0.1) is 18.8 Å². The number of nitrogens with zero attached hydrogens (tertiary/aromatic N) is 2. The summed E-state index contributed by atoms with van der Waals surface area (Å²) in [5.74, 6) is 0.139. The van der Waals surface area contributed by atoms with Crippen LogP contribution in [-0.2, 0) is 6.54 Å². The number of amides is 2. The number of para-hydroxylation sites is 1. The Morgan fingerprint density at radius 3 is 2.34 bits per heavy atom. The largest absolute Gasteiger partial charge is 0.495 e. The summed E-state index contributed by atoms with van der Waals surface area (Å²) in [4.78, 5) is 29.4. The van der Waals surface area contributed by atoms with Gasteiger partial charge in [0.1, 0.15) is 5.75 Å². The SMILES string of the molecule is COc1ccc(C(=O)NCc2cccc(C(=O)N(CN(C)C)c3ccccc3)c2)cc1Cl. The molecule has 0 aliphatic rings. The predicted octanol–water partition coefficient (Wildman–Crippen LogP) is 4.44. The van der Waals surface area contributed by atoms with Gasteiger partial charge >= 0.3 is 0 Å². The highest BCUT2D eigenvalue weighted by Gasteiger charge is 2.19. The van der Waals surface area contributed by atoms with Crippen LogP contribution < -0.4 is 15.0 Å². The Hall–Kier alpha value is -3.35. The van der Waals surface area contributed by atoms with Crippen LogP contribution >= 0.6 is 11.6 Å². The molecule has 0 saturated carbocycles. The zero-order valence-electron chi connectivity index (χ0n) is 18.3. The molecule has 0 radical (unpaired) electrons. The van der Waals surface area contributed by atoms with Gasteiger partial charge in [-0.25, -0.2) is 0 Å². The van der Waals surface area contributed by atoms with Crippen molar-refractivity contribution in [2.75, 3.05) is 32.8 Å². The van der Waals surface area contributed by atoms with E-state index in [4.69, 9.17) is 16.3 Å². The second-order valence-electron chi connectivity index (χ2n) is 7.52. The monoisotopic (exact) mass is 451 g/mol. The van der Waals surface area contributed by atoms with Crippen LogP contribution in [0.2, 0.25) is 5.02 Å². The van der Waals surface area contributed by atoms with Gasteiger partial charge in [-0.1, -0.05) is 41.9 Å². The lowest BCUT2D eigenvalue weighted by Crippen LogP contribution is -2.38. The second-order valence-corrected chi connectivity index (χ2v) is 7.93. The van der Waals surface area contributed by atoms with Crippen LogP contribution in [0.4, 0.5) is 5.69 Å². The van der Waals surface area contributed by atoms with Crippen LogP contribution in [0.1, 0.15) is 26.3 Å². The van der Waals surface area contributed by atoms with Crippen molar-refractivity contribution in [1.82, 2.24) is 10.2 Å². The summed E-state index contributed by atoms with van der Waals surface area (Å²) in [6, 6.07) is 21.7. The number of anilines is 1. The predicted molar refractivity (Wildman–Crippen MR) is 127 cm³/mol. The van der Waals surface area contributed by atoms with E-state index in [1.54, 1.807) is 35.2 Å². The molecule has 0 spiro atoms. The Morgan fingerprint density at radius 2 is 1.69 bits per heavy atom. The van der Waals surface area contributed by atoms with E-state index in [0.29, 0.717) is 28.6 Å². The fourth-order valence-electron chi connectivity index (χ4n) is 3.22. The van der Waals surface area contributed by atoms with Gasteiger partial charge in [-0.15, -0.1) is 0 Å². The first-order valence-corrected chi connectivity index (χ1v) is 10.5. The zero-order valence-corrected chi connectivity index (χ0v) is 19.1. The maximum absolute atomic E-state index is 13.3. The Labute approximate surface area is 193 Å². The minimum absolute atomic E-state index is 0.111. The van der Waals surface area contributed by atoms with E-state index in [-0.39, 0.29) is 18.4 Å². The molecule has 0 bridgehead atoms. The summed E-state index contributed by atoms with van der Waals surface area (Å²) < 4.78 is 5.12. The lowest BCUT2D eigenvalue weighted by atomic mass is 10.1. The third-order valence-corrected chi connectivity index (χ3v) is 5.07. The number of halogens is 1. The van der Waals surface area contributed by atoms with Crippen LogP contribution in [0.15, 0.2) is 72.8 Å². The molecule has 3 aromatic carbocycles. The van der Waals surface area contributed by atoms with Crippen molar-refractivity contribution in [1.29, 1.82) is 0 Å². The van der Waals surface area contributed by atoms with Crippen molar-refractivity contribution in [2.24, 2.45) is 0 Å². The van der Waals surface area contributed by atoms with Crippen LogP contribution in [-0.4, -0.2) is 44.6 Å². The third-order valence-electron chi connectivity index (χ3n) is 4.78. The number of nitrogens with one attached hydrogen (secondary N) is 1. The summed E-state index contributed by atoms with van der Waals surface area (Å²) in [6.45, 7) is 0.727. The first-order valence-electron chi connectivity index (χ1n) is 10.1. The van der Waals surface area contributed by atoms with Gasteiger partial charge in [0.25, 0.3) is 11.8 Å². The molecular formula is C25H26ClN3O3. The van der Waals surface area contributed by atoms with Crippen LogP contribution in [0.3, 0.4) is 0 Å². The molecule has 0 aliphatic carbocycles. The third kappa shape index (κ3) is 5.87. The first kappa shape index (κ1) is 23.3. The number of carbonyl (C=O) groups excluding carboxylic acids is 2. The lowest BCUT2D eigenvalue weighted by molar-refractivity contribution is 0.0949. The van der Waals surface area contributed by atoms with Gasteiger partial charge in [0.15, 0.2) is 0 Å². The molecule has 0 saturated heterocycles. The highest BCUT2D eigenvalue weighted by molar-refractivity contribution is 6.32. The highest BCUT2D eigenvalue weighted by atomic mass is 35.5. The maximum Gasteiger partial charge on any atom is 0.259 e. The van der Waals surface area contributed by atoms with Crippen LogP contribution in [0.25, 0.3) is 0 Å². The smallest absolute Gasteiger partial charge is 0.259 e. The number of benzene rings is 3. The number of hydrogen-bond acceptors (Lipinski definition) is 4. The van der Waals surface area contributed by atoms with Crippen LogP contribution in [0.5, 0.6) is 5.75 Å². The number of methoxy groups -OCH3 is 1. The fourth-order valence-corrected chi connectivity index (χ4v) is 3.47. The van der Waals surface area contributed by atoms with Gasteiger partial charge in [0, 0.05) is 23.4 Å². The van der Waals surface area contributed by atoms with Crippen molar-refractivity contribution >= 4 is 29.1 Å². The maximum atomic E-state index is 13.3. The van der Waals surface area contributed by atoms with Gasteiger partial charge in [0.2, 0.25) is 0 Å². The molecule has 32 heavy (non-hydrogen) atoms. The second kappa shape index (κ2) is 10.8. The Morgan fingerprint density at radius 1 is 0.938 bits per heavy atom. The molecule has 3 aromatic rings. The average Bonchev–Trinajstić information content (AvgIpc) is 2.81. The molecule has 0 heterocycles. The van der Waals surface area contributed by atoms with Crippen LogP contribution in [0, 0.1) is 0 Å². The molecule has 0 atom stereocenters. The van der Waals surface area contributed by atoms with Gasteiger partial charge in [-0.2, -0.15) is 0 Å². The summed E-state index contributed by atoms with van der Waals surface area (Å²) in [6.07, 6.45) is 0. The Kier molecular flexibility index (Phi) is 7.87. The number of rotatable bonds is 8. The molecule has 2 amide bonds. The molecule has 0 fully saturated rings. The van der Waals surface area contributed by atoms with Crippen molar-refractivity contribution in [3.8, 4) is 5.75 Å². The molecule has 1 N–H and O–H groups in total. The number of ether oxygens (including phenoxy) is 1. The highest BCUT2D eigenvalue weighted by Crippen LogP contribution is 2.25. The van der Waals surface area contributed by atoms with Crippen molar-refractivity contribution in [2.45, 2.75) is 6.54 Å². The van der Waals surface area contributed by atoms with Gasteiger partial charge in [-0.05, 0) is 62.1 Å². The summed E-state index contributed by atoms with van der Waals surface area (Å²) in [7, 11) is 5.36. The minimum Gasteiger partial charge on any atom is -0.495 e. The quantitative estimate of drug-likeness (QED) is 0.514. The Balaban J connectivity index is 1.73. The Bertz CT molecular complexity index is 1090. The molecule has 0 unspecified atom stereocenters. The summed E-state index contributed by atoms with van der Waals surface area (Å²) in [5.41, 5.74) is 2.63. The average molecular weight is 452 g/mol. The normalized spacial score (nSPS) is 10.7. The number of carbonyl (C=O) groups is 2. The van der Waals surface area contributed by atoms with E-state index in [2.05, 4.69) is 5.32 Å². The van der Waals surface area contributed by atoms with Crippen molar-refractivity contribution in [3.05, 3.63) is 94.5 Å². The lowest BCUT2D eigenvalue weighted by Gasteiger charge is -2.26. The summed E-state index contributed by atoms with van der Waals surface area (Å²) in [5, 5.41) is 3.24. The molecule has 0 aliphatic heterocycles. The zero-order chi connectivity index (χ0) is 23.1. The van der Waals surface area contributed by atoms with E-state index in [9.17, 15) is 9.59 Å². The molecule has 0 aromatic heterocycles. The number of hydrogen-bond donors (Lipinski definition) is 1. The minimum atomic E-state index is -0.259. The molecule has 6 nitrogen and oxygen atoms in total. The molecular weight excluding hydrogens is 426 g/mol. The fraction of sp³-hybridized carbons (Fsp3) is 0.200. The van der Waals surface area contributed by atoms with E-state index < -0.39 is 0 Å². The summed E-state index contributed by atoms with van der Waals surface area (Å²) >= 11 is 6.11. The topological polar surface area (TPSA) is 61.9 Å². The van der Waals surface area contributed by atoms with E-state index in [1.165, 1.54) is 7.11 Å². The van der Waals surface area contributed by atoms with E-state index >= 15 is 0 Å². The van der Waals surface area contributed by atoms with Gasteiger partial charge in [-0.3, -0.25) is 19.4 Å².